The van der Waals surface area contributed by atoms with Gasteiger partial charge in [-0.1, -0.05) is 6.07 Å². The lowest BCUT2D eigenvalue weighted by atomic mass is 9.71. The zero-order valence-corrected chi connectivity index (χ0v) is 14.2. The maximum Gasteiger partial charge on any atom is 0.189 e. The predicted octanol–water partition coefficient (Wildman–Crippen LogP) is 1.60. The highest BCUT2D eigenvalue weighted by Gasteiger charge is 2.44. The molecule has 2 aliphatic rings. The van der Waals surface area contributed by atoms with Crippen LogP contribution in [0.2, 0.25) is 0 Å². The van der Waals surface area contributed by atoms with Crippen LogP contribution >= 0.6 is 0 Å². The minimum atomic E-state index is -0.404. The number of benzene rings is 1. The first-order valence-electron chi connectivity index (χ1n) is 8.98. The number of para-hydroxylation sites is 1. The van der Waals surface area contributed by atoms with E-state index < -0.39 is 5.82 Å². The lowest BCUT2D eigenvalue weighted by Crippen LogP contribution is -2.61. The summed E-state index contributed by atoms with van der Waals surface area (Å²) in [4.78, 5) is 17.6. The van der Waals surface area contributed by atoms with E-state index in [1.54, 1.807) is 18.2 Å². The van der Waals surface area contributed by atoms with Gasteiger partial charge < -0.3 is 15.4 Å². The van der Waals surface area contributed by atoms with Crippen molar-refractivity contribution in [2.45, 2.75) is 31.8 Å². The zero-order chi connectivity index (χ0) is 17.4. The van der Waals surface area contributed by atoms with Crippen LogP contribution in [-0.2, 0) is 6.54 Å². The Morgan fingerprint density at radius 2 is 2.28 bits per heavy atom. The Balaban J connectivity index is 1.59. The molecule has 2 aliphatic heterocycles. The van der Waals surface area contributed by atoms with Crippen LogP contribution in [0.5, 0.6) is 0 Å². The van der Waals surface area contributed by atoms with Gasteiger partial charge >= 0.3 is 0 Å². The number of nitrogens with one attached hydrogen (secondary N) is 2. The van der Waals surface area contributed by atoms with Crippen LogP contribution < -0.4 is 10.7 Å². The summed E-state index contributed by atoms with van der Waals surface area (Å²) in [5, 5.41) is 13.9. The van der Waals surface area contributed by atoms with Crippen LogP contribution in [0.4, 0.5) is 4.39 Å². The molecule has 6 heteroatoms. The Kier molecular flexibility index (Phi) is 4.35. The van der Waals surface area contributed by atoms with E-state index in [1.165, 1.54) is 6.07 Å². The van der Waals surface area contributed by atoms with E-state index in [9.17, 15) is 14.3 Å². The van der Waals surface area contributed by atoms with Gasteiger partial charge in [0.25, 0.3) is 0 Å². The van der Waals surface area contributed by atoms with Crippen molar-refractivity contribution in [3.05, 3.63) is 46.0 Å². The molecular formula is C19H24FN3O2. The molecule has 0 aliphatic carbocycles. The van der Waals surface area contributed by atoms with Gasteiger partial charge in [0.15, 0.2) is 5.43 Å². The first kappa shape index (κ1) is 16.7. The normalized spacial score (nSPS) is 27.4. The molecular weight excluding hydrogens is 321 g/mol. The Bertz CT molecular complexity index is 837. The van der Waals surface area contributed by atoms with Crippen molar-refractivity contribution in [1.29, 1.82) is 0 Å². The number of rotatable bonds is 3. The fourth-order valence-electron chi connectivity index (χ4n) is 4.53. The van der Waals surface area contributed by atoms with Crippen LogP contribution in [0.3, 0.4) is 0 Å². The molecule has 4 rings (SSSR count). The molecule has 2 atom stereocenters. The number of aromatic amines is 1. The zero-order valence-electron chi connectivity index (χ0n) is 14.2. The van der Waals surface area contributed by atoms with Crippen molar-refractivity contribution in [1.82, 2.24) is 15.2 Å². The van der Waals surface area contributed by atoms with Crippen molar-refractivity contribution in [2.24, 2.45) is 5.41 Å². The molecule has 5 nitrogen and oxygen atoms in total. The lowest BCUT2D eigenvalue weighted by Gasteiger charge is -2.50. The monoisotopic (exact) mass is 345 g/mol. The average Bonchev–Trinajstić information content (AvgIpc) is 2.62. The van der Waals surface area contributed by atoms with Crippen molar-refractivity contribution in [2.75, 3.05) is 26.2 Å². The number of piperidine rings is 2. The first-order valence-corrected chi connectivity index (χ1v) is 8.98. The highest BCUT2D eigenvalue weighted by Crippen LogP contribution is 2.37. The molecule has 3 heterocycles. The fraction of sp³-hybridized carbons (Fsp3) is 0.526. The van der Waals surface area contributed by atoms with E-state index in [-0.39, 0.29) is 23.0 Å². The Morgan fingerprint density at radius 1 is 1.40 bits per heavy atom. The fourth-order valence-corrected chi connectivity index (χ4v) is 4.53. The second kappa shape index (κ2) is 6.52. The average molecular weight is 345 g/mol. The van der Waals surface area contributed by atoms with Crippen LogP contribution in [-0.4, -0.2) is 47.3 Å². The van der Waals surface area contributed by atoms with Crippen LogP contribution in [0, 0.1) is 11.2 Å². The van der Waals surface area contributed by atoms with Crippen LogP contribution in [0.1, 0.15) is 25.0 Å². The second-order valence-corrected chi connectivity index (χ2v) is 7.45. The molecule has 2 fully saturated rings. The minimum Gasteiger partial charge on any atom is -0.396 e. The molecule has 1 aromatic carbocycles. The molecule has 2 saturated heterocycles. The third-order valence-corrected chi connectivity index (χ3v) is 5.83. The number of aliphatic hydroxyl groups excluding tert-OH is 1. The number of aliphatic hydroxyl groups is 1. The number of aromatic nitrogens is 1. The number of halogens is 1. The molecule has 25 heavy (non-hydrogen) atoms. The number of hydrogen-bond donors (Lipinski definition) is 3. The molecule has 1 aromatic heterocycles. The molecule has 0 spiro atoms. The Morgan fingerprint density at radius 3 is 3.12 bits per heavy atom. The van der Waals surface area contributed by atoms with Crippen molar-refractivity contribution in [3.8, 4) is 0 Å². The van der Waals surface area contributed by atoms with Gasteiger partial charge in [-0.25, -0.2) is 4.39 Å². The topological polar surface area (TPSA) is 68.4 Å². The maximum atomic E-state index is 14.0. The van der Waals surface area contributed by atoms with Crippen molar-refractivity contribution < 1.29 is 9.50 Å². The van der Waals surface area contributed by atoms with Crippen LogP contribution in [0.25, 0.3) is 10.9 Å². The minimum absolute atomic E-state index is 0.112. The van der Waals surface area contributed by atoms with Gasteiger partial charge in [0.2, 0.25) is 0 Å². The number of likely N-dealkylation sites (tertiary alicyclic amines) is 1. The highest BCUT2D eigenvalue weighted by molar-refractivity contribution is 5.78. The highest BCUT2D eigenvalue weighted by atomic mass is 19.1. The van der Waals surface area contributed by atoms with Crippen molar-refractivity contribution in [3.63, 3.8) is 0 Å². The lowest BCUT2D eigenvalue weighted by molar-refractivity contribution is -0.0226. The molecule has 0 saturated carbocycles. The third-order valence-electron chi connectivity index (χ3n) is 5.83. The van der Waals surface area contributed by atoms with E-state index in [1.807, 2.05) is 0 Å². The molecule has 0 bridgehead atoms. The number of hydrogen-bond acceptors (Lipinski definition) is 4. The Hall–Kier alpha value is -1.76. The molecule has 3 N–H and O–H groups in total. The summed E-state index contributed by atoms with van der Waals surface area (Å²) < 4.78 is 14.0. The molecule has 2 aromatic rings. The largest absolute Gasteiger partial charge is 0.396 e. The first-order chi connectivity index (χ1) is 12.1. The summed E-state index contributed by atoms with van der Waals surface area (Å²) in [7, 11) is 0. The number of H-pyrrole nitrogens is 1. The summed E-state index contributed by atoms with van der Waals surface area (Å²) >= 11 is 0. The molecule has 0 unspecified atom stereocenters. The van der Waals surface area contributed by atoms with Crippen molar-refractivity contribution >= 4 is 10.9 Å². The summed E-state index contributed by atoms with van der Waals surface area (Å²) in [6.45, 7) is 3.44. The van der Waals surface area contributed by atoms with Gasteiger partial charge in [0.05, 0.1) is 12.1 Å². The predicted molar refractivity (Wildman–Crippen MR) is 95.0 cm³/mol. The number of nitrogens with zero attached hydrogens (tertiary/aromatic N) is 1. The standard InChI is InChI=1S/C19H24FN3O2/c20-15-4-1-3-14-16(25)9-13(22-18(14)15)10-23-8-5-17-19(11-23,12-24)6-2-7-21-17/h1,3-4,9,17,21,24H,2,5-8,10-12H2,(H,22,25)/t17-,19-/m1/s1. The second-order valence-electron chi connectivity index (χ2n) is 7.45. The number of pyridine rings is 1. The third kappa shape index (κ3) is 2.99. The van der Waals surface area contributed by atoms with Gasteiger partial charge in [0.1, 0.15) is 5.82 Å². The van der Waals surface area contributed by atoms with Gasteiger partial charge in [-0.2, -0.15) is 0 Å². The summed E-state index contributed by atoms with van der Waals surface area (Å²) in [6.07, 6.45) is 3.07. The van der Waals surface area contributed by atoms with E-state index in [4.69, 9.17) is 0 Å². The number of fused-ring (bicyclic) bond motifs is 2. The van der Waals surface area contributed by atoms with E-state index in [2.05, 4.69) is 15.2 Å². The maximum absolute atomic E-state index is 14.0. The Labute approximate surface area is 145 Å². The van der Waals surface area contributed by atoms with Crippen LogP contribution in [0.15, 0.2) is 29.1 Å². The summed E-state index contributed by atoms with van der Waals surface area (Å²) in [6, 6.07) is 6.48. The quantitative estimate of drug-likeness (QED) is 0.790. The van der Waals surface area contributed by atoms with Gasteiger partial charge in [0, 0.05) is 48.2 Å². The van der Waals surface area contributed by atoms with E-state index >= 15 is 0 Å². The van der Waals surface area contributed by atoms with Gasteiger partial charge in [-0.3, -0.25) is 9.69 Å². The summed E-state index contributed by atoms with van der Waals surface area (Å²) in [5.74, 6) is -0.404. The van der Waals surface area contributed by atoms with Gasteiger partial charge in [-0.15, -0.1) is 0 Å². The van der Waals surface area contributed by atoms with E-state index in [0.717, 1.165) is 44.6 Å². The van der Waals surface area contributed by atoms with Gasteiger partial charge in [-0.05, 0) is 37.9 Å². The smallest absolute Gasteiger partial charge is 0.189 e. The molecule has 134 valence electrons. The molecule has 0 radical (unpaired) electrons. The van der Waals surface area contributed by atoms with E-state index in [0.29, 0.717) is 18.0 Å². The summed E-state index contributed by atoms with van der Waals surface area (Å²) in [5.41, 5.74) is 0.724. The molecule has 0 amide bonds. The SMILES string of the molecule is O=c1cc(CN2CC[C@H]3NCCC[C@]3(CO)C2)[nH]c2c(F)cccc12.